The van der Waals surface area contributed by atoms with Gasteiger partial charge in [0.05, 0.1) is 6.10 Å². The molecule has 0 saturated heterocycles. The zero-order chi connectivity index (χ0) is 8.97. The van der Waals surface area contributed by atoms with Gasteiger partial charge in [-0.05, 0) is 25.7 Å². The van der Waals surface area contributed by atoms with E-state index in [1.54, 1.807) is 14.0 Å². The van der Waals surface area contributed by atoms with Crippen LogP contribution in [0.3, 0.4) is 0 Å². The summed E-state index contributed by atoms with van der Waals surface area (Å²) < 4.78 is 5.35. The highest BCUT2D eigenvalue weighted by Gasteiger charge is 2.25. The van der Waals surface area contributed by atoms with Crippen LogP contribution < -0.4 is 0 Å². The molecule has 12 heavy (non-hydrogen) atoms. The maximum Gasteiger partial charge on any atom is 0.130 e. The Bertz CT molecular complexity index is 154. The van der Waals surface area contributed by atoms with Gasteiger partial charge in [-0.25, -0.2) is 0 Å². The molecule has 1 fully saturated rings. The Labute approximate surface area is 74.3 Å². The van der Waals surface area contributed by atoms with E-state index in [-0.39, 0.29) is 0 Å². The zero-order valence-corrected chi connectivity index (χ0v) is 8.01. The van der Waals surface area contributed by atoms with Gasteiger partial charge in [-0.15, -0.1) is 0 Å². The minimum atomic E-state index is 0.295. The molecule has 2 heteroatoms. The first-order valence-electron chi connectivity index (χ1n) is 4.76. The fourth-order valence-electron chi connectivity index (χ4n) is 2.09. The molecule has 1 aliphatic rings. The summed E-state index contributed by atoms with van der Waals surface area (Å²) in [6.45, 7) is 1.67. The van der Waals surface area contributed by atoms with Gasteiger partial charge in [0, 0.05) is 13.5 Å². The van der Waals surface area contributed by atoms with Crippen molar-refractivity contribution in [2.24, 2.45) is 5.92 Å². The van der Waals surface area contributed by atoms with Crippen LogP contribution in [-0.4, -0.2) is 19.0 Å². The van der Waals surface area contributed by atoms with E-state index in [1.807, 2.05) is 0 Å². The highest BCUT2D eigenvalue weighted by molar-refractivity contribution is 5.75. The lowest BCUT2D eigenvalue weighted by Gasteiger charge is -2.29. The van der Waals surface area contributed by atoms with E-state index in [0.29, 0.717) is 24.2 Å². The molecule has 2 atom stereocenters. The van der Waals surface area contributed by atoms with E-state index in [2.05, 4.69) is 0 Å². The zero-order valence-electron chi connectivity index (χ0n) is 8.01. The van der Waals surface area contributed by atoms with Crippen molar-refractivity contribution in [3.05, 3.63) is 0 Å². The van der Waals surface area contributed by atoms with E-state index < -0.39 is 0 Å². The van der Waals surface area contributed by atoms with Crippen LogP contribution in [0.15, 0.2) is 0 Å². The molecule has 0 aromatic carbocycles. The minimum Gasteiger partial charge on any atom is -0.381 e. The van der Waals surface area contributed by atoms with Gasteiger partial charge in [0.25, 0.3) is 0 Å². The number of carbonyl (C=O) groups excluding carboxylic acids is 1. The van der Waals surface area contributed by atoms with E-state index in [9.17, 15) is 4.79 Å². The van der Waals surface area contributed by atoms with Crippen molar-refractivity contribution in [1.29, 1.82) is 0 Å². The van der Waals surface area contributed by atoms with Crippen LogP contribution in [0, 0.1) is 5.92 Å². The Morgan fingerprint density at radius 2 is 2.08 bits per heavy atom. The van der Waals surface area contributed by atoms with Crippen LogP contribution in [0.25, 0.3) is 0 Å². The quantitative estimate of drug-likeness (QED) is 0.649. The van der Waals surface area contributed by atoms with Crippen molar-refractivity contribution >= 4 is 5.78 Å². The summed E-state index contributed by atoms with van der Waals surface area (Å²) in [5.74, 6) is 0.783. The highest BCUT2D eigenvalue weighted by Crippen LogP contribution is 2.28. The van der Waals surface area contributed by atoms with Crippen LogP contribution in [0.2, 0.25) is 0 Å². The first-order valence-corrected chi connectivity index (χ1v) is 4.76. The van der Waals surface area contributed by atoms with Crippen molar-refractivity contribution in [3.63, 3.8) is 0 Å². The van der Waals surface area contributed by atoms with Gasteiger partial charge >= 0.3 is 0 Å². The summed E-state index contributed by atoms with van der Waals surface area (Å²) in [4.78, 5) is 10.9. The second-order valence-electron chi connectivity index (χ2n) is 3.72. The molecule has 0 radical (unpaired) electrons. The molecule has 0 N–H and O–H groups in total. The molecule has 1 rings (SSSR count). The van der Waals surface area contributed by atoms with Crippen LogP contribution in [0.1, 0.15) is 39.0 Å². The Morgan fingerprint density at radius 3 is 2.67 bits per heavy atom. The maximum atomic E-state index is 10.9. The smallest absolute Gasteiger partial charge is 0.130 e. The average molecular weight is 170 g/mol. The Hall–Kier alpha value is -0.370. The van der Waals surface area contributed by atoms with Gasteiger partial charge in [-0.2, -0.15) is 0 Å². The summed E-state index contributed by atoms with van der Waals surface area (Å²) in [6, 6.07) is 0. The summed E-state index contributed by atoms with van der Waals surface area (Å²) in [7, 11) is 1.75. The average Bonchev–Trinajstić information content (AvgIpc) is 2.04. The molecule has 0 aliphatic heterocycles. The molecule has 70 valence electrons. The first-order chi connectivity index (χ1) is 5.74. The van der Waals surface area contributed by atoms with Crippen molar-refractivity contribution in [2.75, 3.05) is 7.11 Å². The van der Waals surface area contributed by atoms with Gasteiger partial charge in [-0.1, -0.05) is 12.8 Å². The van der Waals surface area contributed by atoms with E-state index >= 15 is 0 Å². The summed E-state index contributed by atoms with van der Waals surface area (Å²) in [5.41, 5.74) is 0. The van der Waals surface area contributed by atoms with Crippen molar-refractivity contribution in [2.45, 2.75) is 45.1 Å². The number of rotatable bonds is 3. The number of carbonyl (C=O) groups is 1. The third kappa shape index (κ3) is 2.59. The number of Topliss-reactive ketones (excluding diaryl/α,β-unsaturated/α-hetero) is 1. The Balaban J connectivity index is 2.41. The fraction of sp³-hybridized carbons (Fsp3) is 0.900. The normalized spacial score (nSPS) is 30.2. The number of methoxy groups -OCH3 is 1. The lowest BCUT2D eigenvalue weighted by molar-refractivity contribution is -0.119. The topological polar surface area (TPSA) is 26.3 Å². The second-order valence-corrected chi connectivity index (χ2v) is 3.72. The largest absolute Gasteiger partial charge is 0.381 e. The van der Waals surface area contributed by atoms with Crippen molar-refractivity contribution in [3.8, 4) is 0 Å². The molecule has 0 spiro atoms. The molecule has 0 amide bonds. The molecule has 0 aromatic heterocycles. The second kappa shape index (κ2) is 4.61. The minimum absolute atomic E-state index is 0.295. The number of ether oxygens (including phenoxy) is 1. The SMILES string of the molecule is COC1CCCCC1CC(C)=O. The summed E-state index contributed by atoms with van der Waals surface area (Å²) >= 11 is 0. The number of ketones is 1. The molecule has 0 heterocycles. The third-order valence-electron chi connectivity index (χ3n) is 2.69. The van der Waals surface area contributed by atoms with Gasteiger partial charge in [0.2, 0.25) is 0 Å². The van der Waals surface area contributed by atoms with Crippen LogP contribution in [0.4, 0.5) is 0 Å². The first kappa shape index (κ1) is 9.72. The number of hydrogen-bond acceptors (Lipinski definition) is 2. The van der Waals surface area contributed by atoms with Gasteiger partial charge in [-0.3, -0.25) is 0 Å². The molecule has 2 unspecified atom stereocenters. The van der Waals surface area contributed by atoms with Crippen LogP contribution >= 0.6 is 0 Å². The van der Waals surface area contributed by atoms with Gasteiger partial charge in [0.1, 0.15) is 5.78 Å². The standard InChI is InChI=1S/C10H18O2/c1-8(11)7-9-5-3-4-6-10(9)12-2/h9-10H,3-7H2,1-2H3. The van der Waals surface area contributed by atoms with Gasteiger partial charge < -0.3 is 9.53 Å². The van der Waals surface area contributed by atoms with Crippen LogP contribution in [0.5, 0.6) is 0 Å². The maximum absolute atomic E-state index is 10.9. The fourth-order valence-corrected chi connectivity index (χ4v) is 2.09. The van der Waals surface area contributed by atoms with E-state index in [4.69, 9.17) is 4.74 Å². The Kier molecular flexibility index (Phi) is 3.73. The molecule has 1 saturated carbocycles. The molecule has 0 bridgehead atoms. The molecule has 2 nitrogen and oxygen atoms in total. The summed E-state index contributed by atoms with van der Waals surface area (Å²) in [6.07, 6.45) is 5.86. The Morgan fingerprint density at radius 1 is 1.42 bits per heavy atom. The molecule has 1 aliphatic carbocycles. The van der Waals surface area contributed by atoms with Gasteiger partial charge in [0.15, 0.2) is 0 Å². The van der Waals surface area contributed by atoms with Crippen molar-refractivity contribution in [1.82, 2.24) is 0 Å². The molecular weight excluding hydrogens is 152 g/mol. The lowest BCUT2D eigenvalue weighted by atomic mass is 9.83. The predicted octanol–water partition coefficient (Wildman–Crippen LogP) is 2.17. The summed E-state index contributed by atoms with van der Waals surface area (Å²) in [5, 5.41) is 0. The monoisotopic (exact) mass is 170 g/mol. The number of hydrogen-bond donors (Lipinski definition) is 0. The van der Waals surface area contributed by atoms with Crippen molar-refractivity contribution < 1.29 is 9.53 Å². The van der Waals surface area contributed by atoms with E-state index in [1.165, 1.54) is 12.8 Å². The molecular formula is C10H18O2. The lowest BCUT2D eigenvalue weighted by Crippen LogP contribution is -2.28. The van der Waals surface area contributed by atoms with Crippen LogP contribution in [-0.2, 0) is 9.53 Å². The highest BCUT2D eigenvalue weighted by atomic mass is 16.5. The predicted molar refractivity (Wildman–Crippen MR) is 48.1 cm³/mol. The molecule has 0 aromatic rings. The third-order valence-corrected chi connectivity index (χ3v) is 2.69. The van der Waals surface area contributed by atoms with E-state index in [0.717, 1.165) is 12.8 Å².